The Hall–Kier alpha value is -2.27. The number of halogens is 3. The molecule has 0 aliphatic carbocycles. The maximum absolute atomic E-state index is 14.1. The van der Waals surface area contributed by atoms with Gasteiger partial charge in [0.1, 0.15) is 17.5 Å². The van der Waals surface area contributed by atoms with E-state index in [0.29, 0.717) is 28.6 Å². The van der Waals surface area contributed by atoms with Crippen molar-refractivity contribution in [1.29, 1.82) is 0 Å². The fraction of sp³-hybridized carbons (Fsp3) is 0.222. The summed E-state index contributed by atoms with van der Waals surface area (Å²) in [6, 6.07) is 7.59. The summed E-state index contributed by atoms with van der Waals surface area (Å²) in [5.41, 5.74) is 8.41. The van der Waals surface area contributed by atoms with Crippen LogP contribution in [0.4, 0.5) is 13.2 Å². The topological polar surface area (TPSA) is 41.8 Å². The summed E-state index contributed by atoms with van der Waals surface area (Å²) in [7, 11) is 0. The molecule has 0 spiro atoms. The van der Waals surface area contributed by atoms with Gasteiger partial charge in [0, 0.05) is 23.1 Å². The minimum atomic E-state index is -0.668. The van der Waals surface area contributed by atoms with E-state index in [2.05, 4.69) is 4.98 Å². The van der Waals surface area contributed by atoms with E-state index in [1.165, 1.54) is 18.2 Å². The Morgan fingerprint density at radius 3 is 2.39 bits per heavy atom. The second-order valence-corrected chi connectivity index (χ2v) is 5.63. The monoisotopic (exact) mass is 318 g/mol. The predicted octanol–water partition coefficient (Wildman–Crippen LogP) is 5.05. The summed E-state index contributed by atoms with van der Waals surface area (Å²) in [5.74, 6) is -1.68. The average molecular weight is 318 g/mol. The van der Waals surface area contributed by atoms with Crippen LogP contribution in [-0.4, -0.2) is 4.98 Å². The Labute approximate surface area is 132 Å². The first kappa shape index (κ1) is 15.6. The molecule has 120 valence electrons. The Morgan fingerprint density at radius 1 is 1.04 bits per heavy atom. The molecule has 0 saturated heterocycles. The lowest BCUT2D eigenvalue weighted by atomic mass is 9.96. The number of fused-ring (bicyclic) bond motifs is 1. The van der Waals surface area contributed by atoms with Crippen molar-refractivity contribution in [3.05, 3.63) is 59.4 Å². The van der Waals surface area contributed by atoms with E-state index in [-0.39, 0.29) is 17.4 Å². The molecular weight excluding hydrogens is 301 g/mol. The molecule has 1 atom stereocenters. The van der Waals surface area contributed by atoms with Crippen LogP contribution in [0.2, 0.25) is 0 Å². The number of hydrogen-bond acceptors (Lipinski definition) is 1. The molecule has 0 saturated carbocycles. The van der Waals surface area contributed by atoms with E-state index in [4.69, 9.17) is 5.73 Å². The molecule has 2 nitrogen and oxygen atoms in total. The van der Waals surface area contributed by atoms with Gasteiger partial charge in [-0.05, 0) is 42.3 Å². The van der Waals surface area contributed by atoms with Crippen molar-refractivity contribution in [3.8, 4) is 11.3 Å². The van der Waals surface area contributed by atoms with Crippen LogP contribution in [0.15, 0.2) is 36.4 Å². The predicted molar refractivity (Wildman–Crippen MR) is 85.4 cm³/mol. The summed E-state index contributed by atoms with van der Waals surface area (Å²) in [4.78, 5) is 2.99. The van der Waals surface area contributed by atoms with Gasteiger partial charge in [-0.2, -0.15) is 0 Å². The zero-order valence-corrected chi connectivity index (χ0v) is 12.7. The fourth-order valence-electron chi connectivity index (χ4n) is 2.92. The van der Waals surface area contributed by atoms with Gasteiger partial charge in [-0.3, -0.25) is 0 Å². The number of nitrogens with one attached hydrogen (secondary N) is 1. The lowest BCUT2D eigenvalue weighted by Crippen LogP contribution is -2.10. The molecule has 5 heteroatoms. The van der Waals surface area contributed by atoms with Crippen LogP contribution in [0.25, 0.3) is 22.2 Å². The van der Waals surface area contributed by atoms with Crippen molar-refractivity contribution < 1.29 is 13.2 Å². The average Bonchev–Trinajstić information content (AvgIpc) is 2.88. The van der Waals surface area contributed by atoms with Crippen molar-refractivity contribution in [2.75, 3.05) is 0 Å². The first-order valence-corrected chi connectivity index (χ1v) is 7.53. The molecule has 3 rings (SSSR count). The third-order valence-corrected chi connectivity index (χ3v) is 3.97. The second kappa shape index (κ2) is 6.08. The summed E-state index contributed by atoms with van der Waals surface area (Å²) < 4.78 is 40.9. The molecule has 23 heavy (non-hydrogen) atoms. The summed E-state index contributed by atoms with van der Waals surface area (Å²) in [6.07, 6.45) is 1.52. The second-order valence-electron chi connectivity index (χ2n) is 5.63. The molecule has 2 aromatic carbocycles. The first-order valence-electron chi connectivity index (χ1n) is 7.53. The number of aromatic amines is 1. The van der Waals surface area contributed by atoms with Gasteiger partial charge in [0.2, 0.25) is 0 Å². The van der Waals surface area contributed by atoms with Gasteiger partial charge in [0.15, 0.2) is 0 Å². The van der Waals surface area contributed by atoms with Gasteiger partial charge in [0.05, 0.1) is 11.2 Å². The highest BCUT2D eigenvalue weighted by molar-refractivity contribution is 5.91. The van der Waals surface area contributed by atoms with Crippen LogP contribution >= 0.6 is 0 Å². The molecule has 3 N–H and O–H groups in total. The Kier molecular flexibility index (Phi) is 4.13. The Balaban J connectivity index is 2.29. The third-order valence-electron chi connectivity index (χ3n) is 3.97. The minimum Gasteiger partial charge on any atom is -0.352 e. The highest BCUT2D eigenvalue weighted by Crippen LogP contribution is 2.36. The van der Waals surface area contributed by atoms with Crippen molar-refractivity contribution >= 4 is 10.9 Å². The largest absolute Gasteiger partial charge is 0.352 e. The number of hydrogen-bond donors (Lipinski definition) is 2. The van der Waals surface area contributed by atoms with Crippen LogP contribution in [0.3, 0.4) is 0 Å². The van der Waals surface area contributed by atoms with Crippen LogP contribution < -0.4 is 5.73 Å². The number of nitrogens with two attached hydrogens (primary N) is 1. The van der Waals surface area contributed by atoms with E-state index in [9.17, 15) is 13.2 Å². The van der Waals surface area contributed by atoms with Crippen LogP contribution in [0, 0.1) is 17.5 Å². The molecule has 0 aliphatic rings. The fourth-order valence-corrected chi connectivity index (χ4v) is 2.92. The molecule has 0 bridgehead atoms. The molecule has 0 aliphatic heterocycles. The zero-order valence-electron chi connectivity index (χ0n) is 12.7. The molecule has 0 radical (unpaired) electrons. The Bertz CT molecular complexity index is 838. The standard InChI is InChI=1S/C18H17F3N2/c1-2-3-15(22)16-13-8-12(20)9-14(21)18(13)23-17(16)10-4-6-11(19)7-5-10/h4-9,15,23H,2-3,22H2,1H3. The molecule has 0 amide bonds. The van der Waals surface area contributed by atoms with Crippen molar-refractivity contribution in [3.63, 3.8) is 0 Å². The quantitative estimate of drug-likeness (QED) is 0.694. The van der Waals surface area contributed by atoms with Crippen LogP contribution in [0.1, 0.15) is 31.4 Å². The number of H-pyrrole nitrogens is 1. The van der Waals surface area contributed by atoms with Gasteiger partial charge < -0.3 is 10.7 Å². The van der Waals surface area contributed by atoms with Gasteiger partial charge in [0.25, 0.3) is 0 Å². The highest BCUT2D eigenvalue weighted by atomic mass is 19.1. The van der Waals surface area contributed by atoms with Crippen molar-refractivity contribution in [2.24, 2.45) is 5.73 Å². The third kappa shape index (κ3) is 2.84. The number of benzene rings is 2. The summed E-state index contributed by atoms with van der Waals surface area (Å²) in [6.45, 7) is 1.99. The zero-order chi connectivity index (χ0) is 16.6. The minimum absolute atomic E-state index is 0.215. The van der Waals surface area contributed by atoms with Gasteiger partial charge >= 0.3 is 0 Å². The van der Waals surface area contributed by atoms with Crippen molar-refractivity contribution in [1.82, 2.24) is 4.98 Å². The molecule has 3 aromatic rings. The maximum Gasteiger partial charge on any atom is 0.150 e. The molecule has 1 aromatic heterocycles. The number of rotatable bonds is 4. The summed E-state index contributed by atoms with van der Waals surface area (Å²) in [5, 5.41) is 0.433. The SMILES string of the molecule is CCCC(N)c1c(-c2ccc(F)cc2)[nH]c2c(F)cc(F)cc12. The Morgan fingerprint density at radius 2 is 1.74 bits per heavy atom. The maximum atomic E-state index is 14.1. The first-order chi connectivity index (χ1) is 11.0. The van der Waals surface area contributed by atoms with Crippen LogP contribution in [0.5, 0.6) is 0 Å². The smallest absolute Gasteiger partial charge is 0.150 e. The summed E-state index contributed by atoms with van der Waals surface area (Å²) >= 11 is 0. The van der Waals surface area contributed by atoms with E-state index in [1.807, 2.05) is 6.92 Å². The molecule has 0 fully saturated rings. The molecule has 1 heterocycles. The normalized spacial score (nSPS) is 12.7. The highest BCUT2D eigenvalue weighted by Gasteiger charge is 2.21. The molecule has 1 unspecified atom stereocenters. The van der Waals surface area contributed by atoms with Crippen molar-refractivity contribution in [2.45, 2.75) is 25.8 Å². The van der Waals surface area contributed by atoms with Gasteiger partial charge in [-0.25, -0.2) is 13.2 Å². The lowest BCUT2D eigenvalue weighted by molar-refractivity contribution is 0.590. The van der Waals surface area contributed by atoms with E-state index in [0.717, 1.165) is 12.5 Å². The van der Waals surface area contributed by atoms with Gasteiger partial charge in [-0.1, -0.05) is 13.3 Å². The van der Waals surface area contributed by atoms with Crippen LogP contribution in [-0.2, 0) is 0 Å². The van der Waals surface area contributed by atoms with E-state index in [1.54, 1.807) is 12.1 Å². The van der Waals surface area contributed by atoms with E-state index >= 15 is 0 Å². The van der Waals surface area contributed by atoms with E-state index < -0.39 is 11.6 Å². The van der Waals surface area contributed by atoms with Gasteiger partial charge in [-0.15, -0.1) is 0 Å². The number of aromatic nitrogens is 1. The lowest BCUT2D eigenvalue weighted by Gasteiger charge is -2.13. The molecular formula is C18H17F3N2.